The number of hydrogen-bond acceptors (Lipinski definition) is 4. The zero-order valence-corrected chi connectivity index (χ0v) is 13.3. The Morgan fingerprint density at radius 1 is 1.24 bits per heavy atom. The molecular formula is C15H24N4O2. The fraction of sp³-hybridized carbons (Fsp3) is 0.533. The molecule has 0 bridgehead atoms. The maximum atomic E-state index is 12.3. The number of amides is 2. The third-order valence-corrected chi connectivity index (χ3v) is 2.82. The molecule has 0 spiro atoms. The summed E-state index contributed by atoms with van der Waals surface area (Å²) < 4.78 is 0. The highest BCUT2D eigenvalue weighted by Crippen LogP contribution is 2.15. The van der Waals surface area contributed by atoms with Crippen LogP contribution in [0.2, 0.25) is 0 Å². The first kappa shape index (κ1) is 16.9. The predicted molar refractivity (Wildman–Crippen MR) is 83.3 cm³/mol. The van der Waals surface area contributed by atoms with Crippen molar-refractivity contribution in [3.05, 3.63) is 23.5 Å². The fourth-order valence-corrected chi connectivity index (χ4v) is 1.83. The average Bonchev–Trinajstić information content (AvgIpc) is 2.38. The van der Waals surface area contributed by atoms with Crippen LogP contribution in [-0.4, -0.2) is 35.4 Å². The smallest absolute Gasteiger partial charge is 0.255 e. The Labute approximate surface area is 125 Å². The van der Waals surface area contributed by atoms with Crippen molar-refractivity contribution in [1.82, 2.24) is 15.6 Å². The Kier molecular flexibility index (Phi) is 6.14. The minimum Gasteiger partial charge on any atom is -0.385 e. The molecule has 0 fully saturated rings. The normalized spacial score (nSPS) is 11.9. The second-order valence-electron chi connectivity index (χ2n) is 5.26. The van der Waals surface area contributed by atoms with E-state index in [1.54, 1.807) is 6.92 Å². The SMILES string of the molecule is CCNc1cc(C)ncc1C(=O)NC(C)C(=O)NC(C)C. The van der Waals surface area contributed by atoms with Crippen LogP contribution in [0.15, 0.2) is 12.3 Å². The topological polar surface area (TPSA) is 83.1 Å². The molecule has 1 rings (SSSR count). The summed E-state index contributed by atoms with van der Waals surface area (Å²) in [5, 5.41) is 8.58. The third-order valence-electron chi connectivity index (χ3n) is 2.82. The molecule has 0 aliphatic heterocycles. The van der Waals surface area contributed by atoms with Crippen LogP contribution in [0.5, 0.6) is 0 Å². The van der Waals surface area contributed by atoms with Crippen molar-refractivity contribution in [1.29, 1.82) is 0 Å². The second-order valence-corrected chi connectivity index (χ2v) is 5.26. The Hall–Kier alpha value is -2.11. The Balaban J connectivity index is 2.82. The number of pyridine rings is 1. The van der Waals surface area contributed by atoms with E-state index in [2.05, 4.69) is 20.9 Å². The van der Waals surface area contributed by atoms with Crippen molar-refractivity contribution in [2.45, 2.75) is 46.7 Å². The lowest BCUT2D eigenvalue weighted by molar-refractivity contribution is -0.123. The Morgan fingerprint density at radius 2 is 1.90 bits per heavy atom. The van der Waals surface area contributed by atoms with Gasteiger partial charge in [0, 0.05) is 24.5 Å². The highest BCUT2D eigenvalue weighted by molar-refractivity contribution is 6.01. The summed E-state index contributed by atoms with van der Waals surface area (Å²) in [5.41, 5.74) is 1.98. The van der Waals surface area contributed by atoms with Gasteiger partial charge in [0.1, 0.15) is 6.04 Å². The maximum absolute atomic E-state index is 12.3. The molecule has 6 heteroatoms. The lowest BCUT2D eigenvalue weighted by atomic mass is 10.1. The minimum atomic E-state index is -0.601. The van der Waals surface area contributed by atoms with Gasteiger partial charge in [-0.1, -0.05) is 0 Å². The average molecular weight is 292 g/mol. The molecular weight excluding hydrogens is 268 g/mol. The largest absolute Gasteiger partial charge is 0.385 e. The first-order chi connectivity index (χ1) is 9.85. The zero-order valence-electron chi connectivity index (χ0n) is 13.3. The van der Waals surface area contributed by atoms with Gasteiger partial charge >= 0.3 is 0 Å². The van der Waals surface area contributed by atoms with Crippen molar-refractivity contribution in [3.63, 3.8) is 0 Å². The summed E-state index contributed by atoms with van der Waals surface area (Å²) in [7, 11) is 0. The number of aryl methyl sites for hydroxylation is 1. The van der Waals surface area contributed by atoms with Gasteiger partial charge in [-0.3, -0.25) is 14.6 Å². The van der Waals surface area contributed by atoms with Crippen LogP contribution < -0.4 is 16.0 Å². The lowest BCUT2D eigenvalue weighted by Crippen LogP contribution is -2.46. The van der Waals surface area contributed by atoms with Crippen LogP contribution in [0.4, 0.5) is 5.69 Å². The summed E-state index contributed by atoms with van der Waals surface area (Å²) in [6.07, 6.45) is 1.52. The Bertz CT molecular complexity index is 514. The molecule has 0 aromatic carbocycles. The molecule has 21 heavy (non-hydrogen) atoms. The van der Waals surface area contributed by atoms with E-state index in [0.29, 0.717) is 12.1 Å². The lowest BCUT2D eigenvalue weighted by Gasteiger charge is -2.17. The number of nitrogens with one attached hydrogen (secondary N) is 3. The van der Waals surface area contributed by atoms with E-state index in [1.807, 2.05) is 33.8 Å². The van der Waals surface area contributed by atoms with E-state index in [9.17, 15) is 9.59 Å². The van der Waals surface area contributed by atoms with Crippen LogP contribution in [0.3, 0.4) is 0 Å². The maximum Gasteiger partial charge on any atom is 0.255 e. The molecule has 0 saturated heterocycles. The van der Waals surface area contributed by atoms with Crippen LogP contribution in [0, 0.1) is 6.92 Å². The number of carbonyl (C=O) groups excluding carboxylic acids is 2. The fourth-order valence-electron chi connectivity index (χ4n) is 1.83. The van der Waals surface area contributed by atoms with Crippen LogP contribution >= 0.6 is 0 Å². The van der Waals surface area contributed by atoms with Crippen molar-refractivity contribution in [2.24, 2.45) is 0 Å². The van der Waals surface area contributed by atoms with Crippen LogP contribution in [0.25, 0.3) is 0 Å². The molecule has 0 radical (unpaired) electrons. The molecule has 1 unspecified atom stereocenters. The van der Waals surface area contributed by atoms with Crippen molar-refractivity contribution in [2.75, 3.05) is 11.9 Å². The van der Waals surface area contributed by atoms with Crippen LogP contribution in [-0.2, 0) is 4.79 Å². The number of hydrogen-bond donors (Lipinski definition) is 3. The highest BCUT2D eigenvalue weighted by atomic mass is 16.2. The van der Waals surface area contributed by atoms with Gasteiger partial charge in [-0.05, 0) is 40.7 Å². The van der Waals surface area contributed by atoms with E-state index in [-0.39, 0.29) is 17.9 Å². The number of aromatic nitrogens is 1. The van der Waals surface area contributed by atoms with E-state index < -0.39 is 6.04 Å². The molecule has 6 nitrogen and oxygen atoms in total. The monoisotopic (exact) mass is 292 g/mol. The number of carbonyl (C=O) groups is 2. The molecule has 3 N–H and O–H groups in total. The first-order valence-electron chi connectivity index (χ1n) is 7.16. The molecule has 1 heterocycles. The number of rotatable bonds is 6. The number of anilines is 1. The van der Waals surface area contributed by atoms with Crippen LogP contribution in [0.1, 0.15) is 43.7 Å². The van der Waals surface area contributed by atoms with Gasteiger partial charge in [0.05, 0.1) is 11.3 Å². The summed E-state index contributed by atoms with van der Waals surface area (Å²) in [4.78, 5) is 28.3. The molecule has 0 aliphatic carbocycles. The molecule has 1 aromatic heterocycles. The van der Waals surface area contributed by atoms with Crippen molar-refractivity contribution >= 4 is 17.5 Å². The quantitative estimate of drug-likeness (QED) is 0.741. The van der Waals surface area contributed by atoms with Gasteiger partial charge in [0.2, 0.25) is 5.91 Å². The van der Waals surface area contributed by atoms with Gasteiger partial charge in [0.25, 0.3) is 5.91 Å². The standard InChI is InChI=1S/C15H24N4O2/c1-6-16-13-7-10(4)17-8-12(13)15(21)19-11(5)14(20)18-9(2)3/h7-9,11H,6H2,1-5H3,(H,16,17)(H,18,20)(H,19,21). The van der Waals surface area contributed by atoms with Crippen molar-refractivity contribution < 1.29 is 9.59 Å². The highest BCUT2D eigenvalue weighted by Gasteiger charge is 2.19. The van der Waals surface area contributed by atoms with E-state index >= 15 is 0 Å². The van der Waals surface area contributed by atoms with Gasteiger partial charge in [-0.25, -0.2) is 0 Å². The summed E-state index contributed by atoms with van der Waals surface area (Å²) in [5.74, 6) is -0.520. The van der Waals surface area contributed by atoms with E-state index in [0.717, 1.165) is 11.4 Å². The summed E-state index contributed by atoms with van der Waals surface area (Å²) in [6.45, 7) is 9.92. The van der Waals surface area contributed by atoms with E-state index in [4.69, 9.17) is 0 Å². The molecule has 1 aromatic rings. The molecule has 0 aliphatic rings. The molecule has 1 atom stereocenters. The summed E-state index contributed by atoms with van der Waals surface area (Å²) >= 11 is 0. The molecule has 116 valence electrons. The molecule has 0 saturated carbocycles. The predicted octanol–water partition coefficient (Wildman–Crippen LogP) is 1.46. The first-order valence-corrected chi connectivity index (χ1v) is 7.16. The summed E-state index contributed by atoms with van der Waals surface area (Å²) in [6, 6.07) is 1.25. The Morgan fingerprint density at radius 3 is 2.48 bits per heavy atom. The van der Waals surface area contributed by atoms with Gasteiger partial charge in [-0.15, -0.1) is 0 Å². The number of nitrogens with zero attached hydrogens (tertiary/aromatic N) is 1. The molecule has 2 amide bonds. The second kappa shape index (κ2) is 7.61. The van der Waals surface area contributed by atoms with E-state index in [1.165, 1.54) is 6.20 Å². The van der Waals surface area contributed by atoms with Crippen molar-refractivity contribution in [3.8, 4) is 0 Å². The van der Waals surface area contributed by atoms with Gasteiger partial charge < -0.3 is 16.0 Å². The zero-order chi connectivity index (χ0) is 16.0. The van der Waals surface area contributed by atoms with Gasteiger partial charge in [-0.2, -0.15) is 0 Å². The minimum absolute atomic E-state index is 0.0372. The third kappa shape index (κ3) is 5.06. The van der Waals surface area contributed by atoms with Gasteiger partial charge in [0.15, 0.2) is 0 Å².